The van der Waals surface area contributed by atoms with E-state index in [0.717, 1.165) is 21.1 Å². The molecule has 0 atom stereocenters. The molecule has 0 bridgehead atoms. The van der Waals surface area contributed by atoms with E-state index in [9.17, 15) is 9.90 Å². The fourth-order valence-electron chi connectivity index (χ4n) is 2.50. The number of rotatable bonds is 6. The SMILES string of the molecule is CC=C(C(=O)O)c1cccc(-c2ncc(CNc3ccccc3)s2)c1. The highest BCUT2D eigenvalue weighted by molar-refractivity contribution is 7.15. The number of hydrogen-bond donors (Lipinski definition) is 2. The van der Waals surface area contributed by atoms with Gasteiger partial charge in [0.25, 0.3) is 0 Å². The molecule has 0 radical (unpaired) electrons. The topological polar surface area (TPSA) is 62.2 Å². The first kappa shape index (κ1) is 16.9. The number of carbonyl (C=O) groups is 1. The van der Waals surface area contributed by atoms with Gasteiger partial charge in [-0.05, 0) is 30.7 Å². The van der Waals surface area contributed by atoms with Gasteiger partial charge in [0.1, 0.15) is 5.01 Å². The van der Waals surface area contributed by atoms with Crippen molar-refractivity contribution in [2.24, 2.45) is 0 Å². The van der Waals surface area contributed by atoms with E-state index in [1.165, 1.54) is 0 Å². The Morgan fingerprint density at radius 3 is 2.72 bits per heavy atom. The molecular weight excluding hydrogens is 332 g/mol. The fraction of sp³-hybridized carbons (Fsp3) is 0.100. The summed E-state index contributed by atoms with van der Waals surface area (Å²) in [6.45, 7) is 2.43. The quantitative estimate of drug-likeness (QED) is 0.620. The Hall–Kier alpha value is -2.92. The number of carboxylic acid groups (broad SMARTS) is 1. The number of benzene rings is 2. The third-order valence-corrected chi connectivity index (χ3v) is 4.78. The highest BCUT2D eigenvalue weighted by Crippen LogP contribution is 2.28. The van der Waals surface area contributed by atoms with E-state index in [4.69, 9.17) is 0 Å². The Morgan fingerprint density at radius 1 is 1.20 bits per heavy atom. The average molecular weight is 350 g/mol. The second kappa shape index (κ2) is 7.77. The van der Waals surface area contributed by atoms with Crippen molar-refractivity contribution in [2.75, 3.05) is 5.32 Å². The van der Waals surface area contributed by atoms with Crippen LogP contribution in [0.1, 0.15) is 17.4 Å². The van der Waals surface area contributed by atoms with Gasteiger partial charge in [-0.1, -0.05) is 42.5 Å². The van der Waals surface area contributed by atoms with Crippen LogP contribution in [0.15, 0.2) is 66.9 Å². The van der Waals surface area contributed by atoms with Gasteiger partial charge in [0.05, 0.1) is 12.1 Å². The monoisotopic (exact) mass is 350 g/mol. The Labute approximate surface area is 150 Å². The molecule has 1 aromatic heterocycles. The van der Waals surface area contributed by atoms with Gasteiger partial charge in [0, 0.05) is 22.3 Å². The summed E-state index contributed by atoms with van der Waals surface area (Å²) >= 11 is 1.60. The minimum Gasteiger partial charge on any atom is -0.478 e. The van der Waals surface area contributed by atoms with Gasteiger partial charge >= 0.3 is 5.97 Å². The predicted octanol–water partition coefficient (Wildman–Crippen LogP) is 4.91. The van der Waals surface area contributed by atoms with Gasteiger partial charge in [-0.15, -0.1) is 11.3 Å². The zero-order chi connectivity index (χ0) is 17.6. The number of aliphatic carboxylic acids is 1. The summed E-state index contributed by atoms with van der Waals surface area (Å²) in [6, 6.07) is 17.5. The van der Waals surface area contributed by atoms with Gasteiger partial charge in [0.2, 0.25) is 0 Å². The number of allylic oxidation sites excluding steroid dienone is 1. The highest BCUT2D eigenvalue weighted by Gasteiger charge is 2.11. The molecule has 0 amide bonds. The van der Waals surface area contributed by atoms with Crippen molar-refractivity contribution in [2.45, 2.75) is 13.5 Å². The van der Waals surface area contributed by atoms with Crippen LogP contribution in [0.25, 0.3) is 16.1 Å². The lowest BCUT2D eigenvalue weighted by atomic mass is 10.0. The van der Waals surface area contributed by atoms with E-state index in [0.29, 0.717) is 17.7 Å². The van der Waals surface area contributed by atoms with Crippen molar-refractivity contribution >= 4 is 28.6 Å². The molecule has 0 aliphatic rings. The lowest BCUT2D eigenvalue weighted by Crippen LogP contribution is -1.99. The smallest absolute Gasteiger partial charge is 0.335 e. The molecule has 0 unspecified atom stereocenters. The van der Waals surface area contributed by atoms with E-state index in [1.54, 1.807) is 30.4 Å². The third-order valence-electron chi connectivity index (χ3n) is 3.73. The number of hydrogen-bond acceptors (Lipinski definition) is 4. The van der Waals surface area contributed by atoms with Crippen LogP contribution >= 0.6 is 11.3 Å². The van der Waals surface area contributed by atoms with Gasteiger partial charge < -0.3 is 10.4 Å². The summed E-state index contributed by atoms with van der Waals surface area (Å²) in [5, 5.41) is 13.5. The Bertz CT molecular complexity index is 901. The second-order valence-corrected chi connectivity index (χ2v) is 6.55. The van der Waals surface area contributed by atoms with Gasteiger partial charge in [-0.25, -0.2) is 9.78 Å². The number of para-hydroxylation sites is 1. The minimum absolute atomic E-state index is 0.296. The van der Waals surface area contributed by atoms with E-state index < -0.39 is 5.97 Å². The van der Waals surface area contributed by atoms with Gasteiger partial charge in [-0.2, -0.15) is 0 Å². The van der Waals surface area contributed by atoms with Crippen molar-refractivity contribution in [3.05, 3.63) is 77.3 Å². The summed E-state index contributed by atoms with van der Waals surface area (Å²) < 4.78 is 0. The first-order valence-corrected chi connectivity index (χ1v) is 8.73. The molecule has 0 fully saturated rings. The molecule has 3 aromatic rings. The molecule has 1 heterocycles. The maximum atomic E-state index is 11.3. The van der Waals surface area contributed by atoms with Crippen LogP contribution in [-0.4, -0.2) is 16.1 Å². The number of anilines is 1. The van der Waals surface area contributed by atoms with Crippen molar-refractivity contribution in [3.63, 3.8) is 0 Å². The summed E-state index contributed by atoms with van der Waals surface area (Å²) in [5.74, 6) is -0.925. The molecule has 2 aromatic carbocycles. The van der Waals surface area contributed by atoms with Crippen LogP contribution in [-0.2, 0) is 11.3 Å². The predicted molar refractivity (Wildman–Crippen MR) is 103 cm³/mol. The van der Waals surface area contributed by atoms with E-state index >= 15 is 0 Å². The number of carboxylic acids is 1. The summed E-state index contributed by atoms with van der Waals surface area (Å²) in [4.78, 5) is 16.9. The molecule has 0 saturated carbocycles. The van der Waals surface area contributed by atoms with Crippen molar-refractivity contribution in [1.82, 2.24) is 4.98 Å². The molecule has 5 heteroatoms. The Balaban J connectivity index is 1.77. The van der Waals surface area contributed by atoms with Gasteiger partial charge in [-0.3, -0.25) is 0 Å². The molecule has 4 nitrogen and oxygen atoms in total. The maximum absolute atomic E-state index is 11.3. The first-order chi connectivity index (χ1) is 12.2. The highest BCUT2D eigenvalue weighted by atomic mass is 32.1. The van der Waals surface area contributed by atoms with Crippen LogP contribution in [0, 0.1) is 0 Å². The molecule has 25 heavy (non-hydrogen) atoms. The number of aromatic nitrogens is 1. The fourth-order valence-corrected chi connectivity index (χ4v) is 3.35. The lowest BCUT2D eigenvalue weighted by molar-refractivity contribution is -0.130. The largest absolute Gasteiger partial charge is 0.478 e. The number of thiazole rings is 1. The van der Waals surface area contributed by atoms with E-state index in [-0.39, 0.29) is 0 Å². The molecule has 0 saturated heterocycles. The molecule has 0 aliphatic carbocycles. The van der Waals surface area contributed by atoms with E-state index in [2.05, 4.69) is 10.3 Å². The van der Waals surface area contributed by atoms with Crippen molar-refractivity contribution < 1.29 is 9.90 Å². The number of nitrogens with one attached hydrogen (secondary N) is 1. The molecule has 126 valence electrons. The first-order valence-electron chi connectivity index (χ1n) is 7.91. The van der Waals surface area contributed by atoms with Crippen LogP contribution < -0.4 is 5.32 Å². The normalized spacial score (nSPS) is 11.3. The minimum atomic E-state index is -0.925. The van der Waals surface area contributed by atoms with E-state index in [1.807, 2.05) is 54.7 Å². The average Bonchev–Trinajstić information content (AvgIpc) is 3.10. The van der Waals surface area contributed by atoms with Gasteiger partial charge in [0.15, 0.2) is 0 Å². The zero-order valence-corrected chi connectivity index (χ0v) is 14.6. The molecule has 3 rings (SSSR count). The maximum Gasteiger partial charge on any atom is 0.335 e. The standard InChI is InChI=1S/C20H18N2O2S/c1-2-18(20(23)24)14-7-6-8-15(11-14)19-22-13-17(25-19)12-21-16-9-4-3-5-10-16/h2-11,13,21H,12H2,1H3,(H,23,24). The summed E-state index contributed by atoms with van der Waals surface area (Å²) in [5.41, 5.74) is 2.98. The van der Waals surface area contributed by atoms with Crippen LogP contribution in [0.4, 0.5) is 5.69 Å². The van der Waals surface area contributed by atoms with Crippen molar-refractivity contribution in [1.29, 1.82) is 0 Å². The lowest BCUT2D eigenvalue weighted by Gasteiger charge is -2.04. The summed E-state index contributed by atoms with van der Waals surface area (Å²) in [7, 11) is 0. The molecular formula is C20H18N2O2S. The Morgan fingerprint density at radius 2 is 2.00 bits per heavy atom. The van der Waals surface area contributed by atoms with Crippen molar-refractivity contribution in [3.8, 4) is 10.6 Å². The molecule has 0 aliphatic heterocycles. The van der Waals surface area contributed by atoms with Crippen LogP contribution in [0.3, 0.4) is 0 Å². The third kappa shape index (κ3) is 4.14. The molecule has 2 N–H and O–H groups in total. The molecule has 0 spiro atoms. The Kier molecular flexibility index (Phi) is 5.26. The zero-order valence-electron chi connectivity index (χ0n) is 13.8. The summed E-state index contributed by atoms with van der Waals surface area (Å²) in [6.07, 6.45) is 3.47. The van der Waals surface area contributed by atoms with Crippen LogP contribution in [0.5, 0.6) is 0 Å². The number of nitrogens with zero attached hydrogens (tertiary/aromatic N) is 1. The van der Waals surface area contributed by atoms with Crippen LogP contribution in [0.2, 0.25) is 0 Å². The second-order valence-electron chi connectivity index (χ2n) is 5.44.